The number of hydrogen-bond acceptors (Lipinski definition) is 5. The minimum absolute atomic E-state index is 0. The van der Waals surface area contributed by atoms with Crippen LogP contribution in [-0.2, 0) is 4.79 Å². The SMILES string of the molecule is CC([O-])C(=O)[O-].[Mg+2].[Mg+2].[OH-].[OH-]. The second kappa shape index (κ2) is 16.5. The molecule has 0 aliphatic heterocycles. The Morgan fingerprint density at radius 2 is 1.40 bits per heavy atom. The van der Waals surface area contributed by atoms with Gasteiger partial charge in [0.15, 0.2) is 0 Å². The number of carboxylic acid groups (broad SMARTS) is 1. The van der Waals surface area contributed by atoms with Gasteiger partial charge in [0.1, 0.15) is 0 Å². The van der Waals surface area contributed by atoms with Gasteiger partial charge in [0.25, 0.3) is 0 Å². The molecule has 2 N–H and O–H groups in total. The topological polar surface area (TPSA) is 123 Å². The summed E-state index contributed by atoms with van der Waals surface area (Å²) < 4.78 is 0. The van der Waals surface area contributed by atoms with Crippen LogP contribution >= 0.6 is 0 Å². The fraction of sp³-hybridized carbons (Fsp3) is 0.667. The molecule has 0 aromatic carbocycles. The minimum atomic E-state index is -1.59. The molecule has 0 amide bonds. The van der Waals surface area contributed by atoms with Gasteiger partial charge in [0, 0.05) is 5.97 Å². The number of carboxylic acids is 1. The van der Waals surface area contributed by atoms with Gasteiger partial charge in [-0.05, 0) is 0 Å². The van der Waals surface area contributed by atoms with Crippen molar-refractivity contribution < 1.29 is 26.0 Å². The van der Waals surface area contributed by atoms with E-state index in [0.29, 0.717) is 0 Å². The van der Waals surface area contributed by atoms with E-state index in [2.05, 4.69) is 0 Å². The Morgan fingerprint density at radius 3 is 1.40 bits per heavy atom. The summed E-state index contributed by atoms with van der Waals surface area (Å²) in [6.45, 7) is 1.02. The smallest absolute Gasteiger partial charge is 0.870 e. The maximum atomic E-state index is 9.56. The molecule has 52 valence electrons. The van der Waals surface area contributed by atoms with Gasteiger partial charge in [-0.15, -0.1) is 0 Å². The second-order valence-electron chi connectivity index (χ2n) is 0.961. The van der Waals surface area contributed by atoms with Gasteiger partial charge < -0.3 is 26.0 Å². The Bertz CT molecular complexity index is 65.9. The van der Waals surface area contributed by atoms with Crippen LogP contribution in [0.15, 0.2) is 0 Å². The van der Waals surface area contributed by atoms with E-state index < -0.39 is 12.1 Å². The number of carbonyl (C=O) groups is 1. The molecule has 0 radical (unpaired) electrons. The van der Waals surface area contributed by atoms with Crippen LogP contribution in [0.3, 0.4) is 0 Å². The predicted octanol–water partition coefficient (Wildman–Crippen LogP) is -3.63. The molecule has 0 saturated heterocycles. The first-order valence-electron chi connectivity index (χ1n) is 1.51. The van der Waals surface area contributed by atoms with E-state index in [4.69, 9.17) is 0 Å². The fourth-order valence-electron chi connectivity index (χ4n) is 0. The third kappa shape index (κ3) is 23.2. The van der Waals surface area contributed by atoms with Crippen LogP contribution in [0, 0.1) is 0 Å². The van der Waals surface area contributed by atoms with Crippen molar-refractivity contribution >= 4 is 52.1 Å². The summed E-state index contributed by atoms with van der Waals surface area (Å²) in [7, 11) is 0. The Morgan fingerprint density at radius 1 is 1.30 bits per heavy atom. The monoisotopic (exact) mass is 170 g/mol. The van der Waals surface area contributed by atoms with Crippen LogP contribution in [0.2, 0.25) is 0 Å². The normalized spacial score (nSPS) is 8.20. The molecule has 0 fully saturated rings. The Kier molecular flexibility index (Phi) is 50.6. The molecular weight excluding hydrogens is 165 g/mol. The molecule has 0 bridgehead atoms. The molecular formula is C3H6Mg2O5. The van der Waals surface area contributed by atoms with E-state index in [9.17, 15) is 15.0 Å². The van der Waals surface area contributed by atoms with Gasteiger partial charge in [-0.25, -0.2) is 0 Å². The van der Waals surface area contributed by atoms with Crippen molar-refractivity contribution in [3.8, 4) is 0 Å². The van der Waals surface area contributed by atoms with Crippen molar-refractivity contribution in [2.75, 3.05) is 0 Å². The van der Waals surface area contributed by atoms with Crippen LogP contribution < -0.4 is 10.2 Å². The summed E-state index contributed by atoms with van der Waals surface area (Å²) >= 11 is 0. The Balaban J connectivity index is -0.0000000208. The third-order valence-electron chi connectivity index (χ3n) is 0.332. The quantitative estimate of drug-likeness (QED) is 0.376. The summed E-state index contributed by atoms with van der Waals surface area (Å²) in [6.07, 6.45) is -1.59. The van der Waals surface area contributed by atoms with Gasteiger partial charge in [-0.3, -0.25) is 0 Å². The van der Waals surface area contributed by atoms with Gasteiger partial charge in [0.2, 0.25) is 0 Å². The van der Waals surface area contributed by atoms with Crippen molar-refractivity contribution in [2.24, 2.45) is 0 Å². The van der Waals surface area contributed by atoms with Crippen molar-refractivity contribution in [1.82, 2.24) is 0 Å². The molecule has 0 aliphatic carbocycles. The van der Waals surface area contributed by atoms with Gasteiger partial charge >= 0.3 is 46.1 Å². The minimum Gasteiger partial charge on any atom is -0.870 e. The molecule has 5 nitrogen and oxygen atoms in total. The number of carbonyl (C=O) groups excluding carboxylic acids is 1. The van der Waals surface area contributed by atoms with Crippen LogP contribution in [0.5, 0.6) is 0 Å². The van der Waals surface area contributed by atoms with Crippen molar-refractivity contribution in [1.29, 1.82) is 0 Å². The van der Waals surface area contributed by atoms with Crippen LogP contribution in [0.4, 0.5) is 0 Å². The molecule has 10 heavy (non-hydrogen) atoms. The van der Waals surface area contributed by atoms with E-state index >= 15 is 0 Å². The molecule has 0 aromatic rings. The molecule has 0 aromatic heterocycles. The summed E-state index contributed by atoms with van der Waals surface area (Å²) in [5.74, 6) is -1.55. The number of hydrogen-bond donors (Lipinski definition) is 0. The molecule has 1 atom stereocenters. The van der Waals surface area contributed by atoms with Gasteiger partial charge in [-0.2, -0.15) is 0 Å². The van der Waals surface area contributed by atoms with Gasteiger partial charge in [0.05, 0.1) is 0 Å². The second-order valence-corrected chi connectivity index (χ2v) is 0.961. The van der Waals surface area contributed by atoms with Crippen LogP contribution in [-0.4, -0.2) is 69.1 Å². The maximum Gasteiger partial charge on any atom is 2.00 e. The van der Waals surface area contributed by atoms with E-state index in [0.717, 1.165) is 6.92 Å². The largest absolute Gasteiger partial charge is 2.00 e. The molecule has 1 unspecified atom stereocenters. The van der Waals surface area contributed by atoms with Crippen molar-refractivity contribution in [3.63, 3.8) is 0 Å². The first-order valence-corrected chi connectivity index (χ1v) is 1.51. The number of rotatable bonds is 1. The molecule has 0 spiro atoms. The first-order chi connectivity index (χ1) is 2.64. The molecule has 0 saturated carbocycles. The predicted molar refractivity (Wildman–Crippen MR) is 29.8 cm³/mol. The van der Waals surface area contributed by atoms with Crippen LogP contribution in [0.25, 0.3) is 0 Å². The summed E-state index contributed by atoms with van der Waals surface area (Å²) in [6, 6.07) is 0. The maximum absolute atomic E-state index is 9.56. The molecule has 0 heterocycles. The van der Waals surface area contributed by atoms with E-state index in [-0.39, 0.29) is 57.1 Å². The third-order valence-corrected chi connectivity index (χ3v) is 0.332. The van der Waals surface area contributed by atoms with Crippen LogP contribution in [0.1, 0.15) is 6.92 Å². The standard InChI is InChI=1S/C3H5O3.2Mg.2H2O/c1-2(4)3(5)6;;;;/h2H,1H3,(H,5,6);;;2*1H2/q-1;2*+2;;/p-3. The Labute approximate surface area is 90.7 Å². The molecule has 7 heteroatoms. The summed E-state index contributed by atoms with van der Waals surface area (Å²) in [5.41, 5.74) is 0. The first kappa shape index (κ1) is 30.7. The summed E-state index contributed by atoms with van der Waals surface area (Å²) in [4.78, 5) is 9.28. The number of aliphatic carboxylic acids is 1. The zero-order valence-electron chi connectivity index (χ0n) is 5.61. The van der Waals surface area contributed by atoms with E-state index in [1.807, 2.05) is 0 Å². The van der Waals surface area contributed by atoms with Crippen molar-refractivity contribution in [2.45, 2.75) is 13.0 Å². The zero-order valence-corrected chi connectivity index (χ0v) is 8.44. The molecule has 0 rings (SSSR count). The van der Waals surface area contributed by atoms with E-state index in [1.54, 1.807) is 0 Å². The van der Waals surface area contributed by atoms with Crippen molar-refractivity contribution in [3.05, 3.63) is 0 Å². The fourth-order valence-corrected chi connectivity index (χ4v) is 0. The van der Waals surface area contributed by atoms with E-state index in [1.165, 1.54) is 0 Å². The average Bonchev–Trinajstić information content (AvgIpc) is 1.36. The Hall–Kier alpha value is 0.882. The zero-order chi connectivity index (χ0) is 5.15. The molecule has 0 aliphatic rings. The summed E-state index contributed by atoms with van der Waals surface area (Å²) in [5, 5.41) is 18.8. The van der Waals surface area contributed by atoms with Gasteiger partial charge in [-0.1, -0.05) is 13.0 Å². The average molecular weight is 171 g/mol.